The summed E-state index contributed by atoms with van der Waals surface area (Å²) < 4.78 is 161. The van der Waals surface area contributed by atoms with Crippen molar-refractivity contribution in [2.75, 3.05) is 0 Å². The van der Waals surface area contributed by atoms with Gasteiger partial charge in [0, 0.05) is 0 Å². The third kappa shape index (κ3) is 22.0. The van der Waals surface area contributed by atoms with E-state index < -0.39 is 69.8 Å². The van der Waals surface area contributed by atoms with Crippen LogP contribution in [0.1, 0.15) is 88.5 Å². The molecule has 0 saturated carbocycles. The van der Waals surface area contributed by atoms with E-state index in [1.807, 2.05) is 48.5 Å². The Hall–Kier alpha value is -13.3. The van der Waals surface area contributed by atoms with E-state index in [-0.39, 0.29) is 0 Å². The van der Waals surface area contributed by atoms with Gasteiger partial charge in [-0.05, 0) is 243 Å². The van der Waals surface area contributed by atoms with Crippen LogP contribution in [0.25, 0.3) is 134 Å². The van der Waals surface area contributed by atoms with Crippen LogP contribution in [0.15, 0.2) is 340 Å². The van der Waals surface area contributed by atoms with Crippen molar-refractivity contribution in [2.24, 2.45) is 0 Å². The summed E-state index contributed by atoms with van der Waals surface area (Å²) in [5, 5.41) is 0. The molecule has 0 amide bonds. The molecule has 16 rings (SSSR count). The first-order valence-electron chi connectivity index (χ1n) is 41.0. The molecule has 0 aliphatic rings. The van der Waals surface area contributed by atoms with Gasteiger partial charge in [0.1, 0.15) is 0 Å². The van der Waals surface area contributed by atoms with Gasteiger partial charge in [0.15, 0.2) is 69.8 Å². The second kappa shape index (κ2) is 41.1. The number of hydrogen-bond donors (Lipinski definition) is 0. The van der Waals surface area contributed by atoms with E-state index in [0.717, 1.165) is 147 Å². The van der Waals surface area contributed by atoms with E-state index in [0.29, 0.717) is 44.5 Å². The van der Waals surface area contributed by atoms with Gasteiger partial charge < -0.3 is 0 Å². The maximum absolute atomic E-state index is 13.5. The third-order valence-electron chi connectivity index (χ3n) is 21.7. The van der Waals surface area contributed by atoms with Crippen molar-refractivity contribution in [3.63, 3.8) is 0 Å². The smallest absolute Gasteiger partial charge is 0.194 e. The number of unbranched alkanes of at least 4 members (excludes halogenated alkanes) is 3. The zero-order chi connectivity index (χ0) is 85.8. The fourth-order valence-corrected chi connectivity index (χ4v) is 14.5. The Labute approximate surface area is 705 Å². The largest absolute Gasteiger partial charge is 0.204 e. The summed E-state index contributed by atoms with van der Waals surface area (Å²) in [6, 6.07) is 105. The van der Waals surface area contributed by atoms with Crippen LogP contribution in [0.2, 0.25) is 0 Å². The molecule has 0 atom stereocenters. The maximum atomic E-state index is 13.5. The average molecular weight is 1640 g/mol. The molecular formula is C110H88F12. The van der Waals surface area contributed by atoms with E-state index in [2.05, 4.69) is 222 Å². The third-order valence-corrected chi connectivity index (χ3v) is 21.7. The first-order chi connectivity index (χ1) is 59.2. The molecule has 0 aliphatic carbocycles. The van der Waals surface area contributed by atoms with Gasteiger partial charge in [0.2, 0.25) is 0 Å². The van der Waals surface area contributed by atoms with E-state index in [4.69, 9.17) is 0 Å². The molecule has 0 aromatic heterocycles. The topological polar surface area (TPSA) is 0 Å². The lowest BCUT2D eigenvalue weighted by Gasteiger charge is -2.08. The lowest BCUT2D eigenvalue weighted by atomic mass is 9.97. The van der Waals surface area contributed by atoms with Crippen molar-refractivity contribution in [3.8, 4) is 134 Å². The van der Waals surface area contributed by atoms with E-state index >= 15 is 0 Å². The van der Waals surface area contributed by atoms with Gasteiger partial charge in [-0.15, -0.1) is 0 Å². The van der Waals surface area contributed by atoms with Crippen LogP contribution in [-0.4, -0.2) is 0 Å². The first kappa shape index (κ1) is 86.5. The number of halogens is 12. The summed E-state index contributed by atoms with van der Waals surface area (Å²) >= 11 is 0. The molecule has 0 saturated heterocycles. The molecule has 0 nitrogen and oxygen atoms in total. The van der Waals surface area contributed by atoms with Gasteiger partial charge in [-0.3, -0.25) is 0 Å². The number of hydrogen-bond acceptors (Lipinski definition) is 0. The molecule has 0 N–H and O–H groups in total. The Morgan fingerprint density at radius 1 is 0.139 bits per heavy atom. The normalized spacial score (nSPS) is 11.0. The van der Waals surface area contributed by atoms with Crippen LogP contribution in [-0.2, 0) is 25.7 Å². The van der Waals surface area contributed by atoms with Crippen LogP contribution >= 0.6 is 0 Å². The van der Waals surface area contributed by atoms with Gasteiger partial charge in [-0.2, -0.15) is 0 Å². The highest BCUT2D eigenvalue weighted by Gasteiger charge is 2.18. The molecule has 122 heavy (non-hydrogen) atoms. The first-order valence-corrected chi connectivity index (χ1v) is 41.0. The Morgan fingerprint density at radius 3 is 0.434 bits per heavy atom. The fourth-order valence-electron chi connectivity index (χ4n) is 14.5. The van der Waals surface area contributed by atoms with Crippen LogP contribution in [0.5, 0.6) is 0 Å². The van der Waals surface area contributed by atoms with Crippen molar-refractivity contribution >= 4 is 0 Å². The zero-order valence-electron chi connectivity index (χ0n) is 67.9. The highest BCUT2D eigenvalue weighted by atomic mass is 19.2. The minimum Gasteiger partial charge on any atom is -0.204 e. The lowest BCUT2D eigenvalue weighted by molar-refractivity contribution is 0.447. The molecule has 0 spiro atoms. The van der Waals surface area contributed by atoms with Crippen LogP contribution in [0, 0.1) is 69.8 Å². The number of benzene rings is 16. The van der Waals surface area contributed by atoms with Gasteiger partial charge in [-0.1, -0.05) is 345 Å². The molecule has 0 fully saturated rings. The molecule has 0 bridgehead atoms. The molecule has 0 unspecified atom stereocenters. The summed E-state index contributed by atoms with van der Waals surface area (Å²) in [7, 11) is 0. The molecule has 16 aromatic carbocycles. The van der Waals surface area contributed by atoms with Crippen LogP contribution < -0.4 is 0 Å². The zero-order valence-corrected chi connectivity index (χ0v) is 67.9. The van der Waals surface area contributed by atoms with Gasteiger partial charge in [0.05, 0.1) is 0 Å². The monoisotopic (exact) mass is 1640 g/mol. The highest BCUT2D eigenvalue weighted by Crippen LogP contribution is 2.36. The van der Waals surface area contributed by atoms with Crippen molar-refractivity contribution in [1.82, 2.24) is 0 Å². The minimum atomic E-state index is -1.45. The SMILES string of the molecule is CCCCCc1ccc(-c2ccc(-c3ccc(-c4cc(F)c(F)c(F)c4)cc3)cc2)cc1.CCCCc1ccc(-c2ccc(-c3ccc(-c4cc(F)c(F)c(F)c4)cc3)cc2)cc1.CCCc1ccc(-c2ccc(-c3ccc(-c4cc(F)c(F)c(F)c4)cc3)cc2)cc1.CCc1ccc(-c2ccc(-c3ccc(-c4cc(F)c(F)c(F)c4)cc3)cc2)cc1. The van der Waals surface area contributed by atoms with Crippen molar-refractivity contribution in [1.29, 1.82) is 0 Å². The summed E-state index contributed by atoms with van der Waals surface area (Å²) in [6.07, 6.45) is 11.6. The van der Waals surface area contributed by atoms with E-state index in [1.165, 1.54) is 76.6 Å². The van der Waals surface area contributed by atoms with Crippen LogP contribution in [0.3, 0.4) is 0 Å². The van der Waals surface area contributed by atoms with Crippen LogP contribution in [0.4, 0.5) is 52.7 Å². The predicted molar refractivity (Wildman–Crippen MR) is 476 cm³/mol. The second-order valence-corrected chi connectivity index (χ2v) is 30.1. The summed E-state index contributed by atoms with van der Waals surface area (Å²) in [5.41, 5.74) is 26.6. The second-order valence-electron chi connectivity index (χ2n) is 30.1. The Bertz CT molecular complexity index is 6040. The van der Waals surface area contributed by atoms with Crippen molar-refractivity contribution in [3.05, 3.63) is 432 Å². The van der Waals surface area contributed by atoms with E-state index in [1.54, 1.807) is 48.5 Å². The summed E-state index contributed by atoms with van der Waals surface area (Å²) in [5.74, 6) is -15.3. The molecule has 12 heteroatoms. The van der Waals surface area contributed by atoms with Gasteiger partial charge in [0.25, 0.3) is 0 Å². The lowest BCUT2D eigenvalue weighted by Crippen LogP contribution is -1.91. The highest BCUT2D eigenvalue weighted by molar-refractivity contribution is 5.79. The number of rotatable bonds is 22. The molecule has 0 aliphatic heterocycles. The summed E-state index contributed by atoms with van der Waals surface area (Å²) in [4.78, 5) is 0. The summed E-state index contributed by atoms with van der Waals surface area (Å²) in [6.45, 7) is 8.73. The molecule has 0 heterocycles. The molecule has 0 radical (unpaired) electrons. The van der Waals surface area contributed by atoms with Crippen molar-refractivity contribution in [2.45, 2.75) is 91.9 Å². The van der Waals surface area contributed by atoms with Crippen molar-refractivity contribution < 1.29 is 52.7 Å². The molecular weight excluding hydrogens is 1550 g/mol. The average Bonchev–Trinajstić information content (AvgIpc) is 0.818. The standard InChI is InChI=1S/C29H25F3.C28H23F3.C27H21F3.C26H19F3/c1-2-3-4-5-20-6-8-21(9-7-20)22-10-12-23(13-11-22)24-14-16-25(17-15-24)26-18-27(30)29(32)28(31)19-26;1-2-3-4-19-5-7-20(8-6-19)21-9-11-22(12-10-21)23-13-15-24(16-14-23)25-17-26(29)28(31)27(30)18-25;1-2-3-18-4-6-19(7-5-18)20-8-10-21(11-9-20)22-12-14-23(15-13-22)24-16-25(28)27(30)26(29)17-24;1-2-17-3-5-18(6-4-17)19-7-9-20(10-8-19)21-11-13-22(14-12-21)23-15-24(27)26(29)25(28)16-23/h6-19H,2-5H2,1H3;5-18H,2-4H2,1H3;4-17H,2-3H2,1H3;3-16H,2H2,1H3. The Morgan fingerprint density at radius 2 is 0.279 bits per heavy atom. The van der Waals surface area contributed by atoms with Gasteiger partial charge >= 0.3 is 0 Å². The van der Waals surface area contributed by atoms with Gasteiger partial charge in [-0.25, -0.2) is 52.7 Å². The Kier molecular flexibility index (Phi) is 29.1. The quantitative estimate of drug-likeness (QED) is 0.0360. The fraction of sp³-hybridized carbons (Fsp3) is 0.127. The Balaban J connectivity index is 0.000000140. The number of aryl methyl sites for hydroxylation is 4. The molecule has 16 aromatic rings. The predicted octanol–water partition coefficient (Wildman–Crippen LogP) is 33.0. The molecule has 612 valence electrons. The maximum Gasteiger partial charge on any atom is 0.194 e. The minimum absolute atomic E-state index is 0.304. The van der Waals surface area contributed by atoms with E-state index in [9.17, 15) is 52.7 Å².